The zero-order valence-corrected chi connectivity index (χ0v) is 12.6. The molecular weight excluding hydrogens is 258 g/mol. The molecule has 0 aliphatic heterocycles. The minimum atomic E-state index is -0.458. The molecule has 1 fully saturated rings. The lowest BCUT2D eigenvalue weighted by Gasteiger charge is -2.32. The first-order valence-corrected chi connectivity index (χ1v) is 7.08. The number of carbonyl (C=O) groups is 1. The number of rotatable bonds is 4. The molecule has 1 aliphatic carbocycles. The number of aromatic nitrogens is 3. The molecule has 1 aromatic rings. The number of hydrogen-bond donors (Lipinski definition) is 0. The normalized spacial score (nSPS) is 26.5. The highest BCUT2D eigenvalue weighted by Crippen LogP contribution is 2.36. The van der Waals surface area contributed by atoms with Crippen LogP contribution in [0.1, 0.15) is 55.3 Å². The highest BCUT2D eigenvalue weighted by Gasteiger charge is 2.30. The van der Waals surface area contributed by atoms with Crippen LogP contribution in [0.5, 0.6) is 0 Å². The number of esters is 1. The molecule has 0 saturated heterocycles. The summed E-state index contributed by atoms with van der Waals surface area (Å²) in [7, 11) is 2.95. The van der Waals surface area contributed by atoms with Crippen LogP contribution in [0, 0.1) is 11.8 Å². The van der Waals surface area contributed by atoms with E-state index in [0.29, 0.717) is 24.1 Å². The fourth-order valence-electron chi connectivity index (χ4n) is 3.24. The van der Waals surface area contributed by atoms with Gasteiger partial charge in [0, 0.05) is 7.11 Å². The van der Waals surface area contributed by atoms with E-state index < -0.39 is 5.97 Å². The fourth-order valence-corrected chi connectivity index (χ4v) is 3.24. The van der Waals surface area contributed by atoms with Crippen molar-refractivity contribution in [3.05, 3.63) is 11.4 Å². The van der Waals surface area contributed by atoms with Crippen LogP contribution < -0.4 is 0 Å². The lowest BCUT2D eigenvalue weighted by Crippen LogP contribution is -2.25. The van der Waals surface area contributed by atoms with Gasteiger partial charge in [0.15, 0.2) is 5.69 Å². The third kappa shape index (κ3) is 3.00. The molecule has 2 atom stereocenters. The number of methoxy groups -OCH3 is 2. The van der Waals surface area contributed by atoms with Gasteiger partial charge in [-0.3, -0.25) is 0 Å². The van der Waals surface area contributed by atoms with Crippen molar-refractivity contribution in [3.8, 4) is 0 Å². The van der Waals surface area contributed by atoms with Crippen molar-refractivity contribution >= 4 is 5.97 Å². The van der Waals surface area contributed by atoms with Crippen molar-refractivity contribution in [2.45, 2.75) is 45.8 Å². The van der Waals surface area contributed by atoms with E-state index in [4.69, 9.17) is 9.47 Å². The maximum absolute atomic E-state index is 11.7. The molecule has 0 radical (unpaired) electrons. The van der Waals surface area contributed by atoms with E-state index in [1.807, 2.05) is 4.68 Å². The molecule has 6 nitrogen and oxygen atoms in total. The van der Waals surface area contributed by atoms with Crippen LogP contribution in [0.2, 0.25) is 0 Å². The summed E-state index contributed by atoms with van der Waals surface area (Å²) in [6.07, 6.45) is 3.37. The minimum Gasteiger partial charge on any atom is -0.464 e. The molecule has 1 aromatic heterocycles. The van der Waals surface area contributed by atoms with E-state index in [0.717, 1.165) is 12.8 Å². The topological polar surface area (TPSA) is 66.2 Å². The van der Waals surface area contributed by atoms with Gasteiger partial charge in [0.05, 0.1) is 25.5 Å². The molecule has 0 spiro atoms. The smallest absolute Gasteiger partial charge is 0.360 e. The van der Waals surface area contributed by atoms with Crippen LogP contribution in [-0.2, 0) is 16.1 Å². The van der Waals surface area contributed by atoms with Gasteiger partial charge in [-0.15, -0.1) is 5.10 Å². The molecule has 2 rings (SSSR count). The molecule has 1 heterocycles. The van der Waals surface area contributed by atoms with E-state index in [2.05, 4.69) is 24.2 Å². The van der Waals surface area contributed by atoms with E-state index in [1.165, 1.54) is 13.5 Å². The summed E-state index contributed by atoms with van der Waals surface area (Å²) in [5.74, 6) is 0.857. The molecule has 0 aromatic carbocycles. The van der Waals surface area contributed by atoms with Crippen molar-refractivity contribution in [2.24, 2.45) is 11.8 Å². The van der Waals surface area contributed by atoms with Crippen molar-refractivity contribution in [2.75, 3.05) is 14.2 Å². The number of nitrogens with zero attached hydrogens (tertiary/aromatic N) is 3. The summed E-state index contributed by atoms with van der Waals surface area (Å²) in [4.78, 5) is 11.7. The van der Waals surface area contributed by atoms with Gasteiger partial charge < -0.3 is 9.47 Å². The predicted octanol–water partition coefficient (Wildman–Crippen LogP) is 2.21. The van der Waals surface area contributed by atoms with Gasteiger partial charge in [-0.2, -0.15) is 0 Å². The van der Waals surface area contributed by atoms with Crippen molar-refractivity contribution in [1.82, 2.24) is 15.0 Å². The number of ether oxygens (including phenoxy) is 2. The SMILES string of the molecule is COCc1c(C(=O)OC)nnn1C1CC(C)CC(C)C1. The first kappa shape index (κ1) is 15.0. The molecule has 20 heavy (non-hydrogen) atoms. The zero-order chi connectivity index (χ0) is 14.7. The van der Waals surface area contributed by atoms with E-state index in [9.17, 15) is 4.79 Å². The molecule has 1 aliphatic rings. The molecule has 1 saturated carbocycles. The van der Waals surface area contributed by atoms with Crippen LogP contribution in [0.25, 0.3) is 0 Å². The Labute approximate surface area is 119 Å². The average molecular weight is 281 g/mol. The molecule has 0 amide bonds. The molecule has 0 bridgehead atoms. The van der Waals surface area contributed by atoms with Gasteiger partial charge in [0.25, 0.3) is 0 Å². The largest absolute Gasteiger partial charge is 0.464 e. The Morgan fingerprint density at radius 1 is 1.25 bits per heavy atom. The van der Waals surface area contributed by atoms with Crippen LogP contribution >= 0.6 is 0 Å². The van der Waals surface area contributed by atoms with Crippen LogP contribution in [0.4, 0.5) is 0 Å². The Bertz CT molecular complexity index is 462. The monoisotopic (exact) mass is 281 g/mol. The Kier molecular flexibility index (Phi) is 4.75. The summed E-state index contributed by atoms with van der Waals surface area (Å²) >= 11 is 0. The third-order valence-electron chi connectivity index (χ3n) is 3.95. The Morgan fingerprint density at radius 3 is 2.45 bits per heavy atom. The van der Waals surface area contributed by atoms with E-state index in [1.54, 1.807) is 7.11 Å². The zero-order valence-electron chi connectivity index (χ0n) is 12.6. The predicted molar refractivity (Wildman–Crippen MR) is 73.3 cm³/mol. The standard InChI is InChI=1S/C14H23N3O3/c1-9-5-10(2)7-11(6-9)17-12(8-19-3)13(15-16-17)14(18)20-4/h9-11H,5-8H2,1-4H3. The van der Waals surface area contributed by atoms with E-state index >= 15 is 0 Å². The minimum absolute atomic E-state index is 0.264. The Balaban J connectivity index is 2.30. The quantitative estimate of drug-likeness (QED) is 0.792. The fraction of sp³-hybridized carbons (Fsp3) is 0.786. The van der Waals surface area contributed by atoms with Gasteiger partial charge in [-0.1, -0.05) is 19.1 Å². The van der Waals surface area contributed by atoms with Gasteiger partial charge in [-0.25, -0.2) is 9.48 Å². The molecule has 6 heteroatoms. The summed E-state index contributed by atoms with van der Waals surface area (Å²) in [5.41, 5.74) is 0.978. The molecule has 2 unspecified atom stereocenters. The maximum Gasteiger partial charge on any atom is 0.360 e. The summed E-state index contributed by atoms with van der Waals surface area (Å²) in [5, 5.41) is 8.17. The summed E-state index contributed by atoms with van der Waals surface area (Å²) < 4.78 is 11.8. The van der Waals surface area contributed by atoms with Gasteiger partial charge in [-0.05, 0) is 31.1 Å². The van der Waals surface area contributed by atoms with Crippen LogP contribution in [0.15, 0.2) is 0 Å². The highest BCUT2D eigenvalue weighted by molar-refractivity contribution is 5.88. The number of carbonyl (C=O) groups excluding carboxylic acids is 1. The third-order valence-corrected chi connectivity index (χ3v) is 3.95. The van der Waals surface area contributed by atoms with Gasteiger partial charge >= 0.3 is 5.97 Å². The number of hydrogen-bond acceptors (Lipinski definition) is 5. The van der Waals surface area contributed by atoms with Gasteiger partial charge in [0.2, 0.25) is 0 Å². The second kappa shape index (κ2) is 6.35. The molecule has 112 valence electrons. The average Bonchev–Trinajstić information content (AvgIpc) is 2.81. The second-order valence-corrected chi connectivity index (χ2v) is 5.83. The lowest BCUT2D eigenvalue weighted by molar-refractivity contribution is 0.0588. The summed E-state index contributed by atoms with van der Waals surface area (Å²) in [6, 6.07) is 0.282. The lowest BCUT2D eigenvalue weighted by atomic mass is 9.80. The first-order valence-electron chi connectivity index (χ1n) is 7.08. The van der Waals surface area contributed by atoms with Crippen molar-refractivity contribution in [3.63, 3.8) is 0 Å². The van der Waals surface area contributed by atoms with E-state index in [-0.39, 0.29) is 11.7 Å². The molecular formula is C14H23N3O3. The maximum atomic E-state index is 11.7. The van der Waals surface area contributed by atoms with Crippen molar-refractivity contribution in [1.29, 1.82) is 0 Å². The van der Waals surface area contributed by atoms with Gasteiger partial charge in [0.1, 0.15) is 0 Å². The highest BCUT2D eigenvalue weighted by atomic mass is 16.5. The molecule has 0 N–H and O–H groups in total. The van der Waals surface area contributed by atoms with Crippen LogP contribution in [-0.4, -0.2) is 35.2 Å². The Morgan fingerprint density at radius 2 is 1.90 bits per heavy atom. The second-order valence-electron chi connectivity index (χ2n) is 5.83. The van der Waals surface area contributed by atoms with Crippen molar-refractivity contribution < 1.29 is 14.3 Å². The first-order chi connectivity index (χ1) is 9.56. The Hall–Kier alpha value is -1.43. The summed E-state index contributed by atoms with van der Waals surface area (Å²) in [6.45, 7) is 4.84. The van der Waals surface area contributed by atoms with Crippen LogP contribution in [0.3, 0.4) is 0 Å².